The second kappa shape index (κ2) is 17.8. The quantitative estimate of drug-likeness (QED) is 0.116. The van der Waals surface area contributed by atoms with Gasteiger partial charge in [-0.3, -0.25) is 9.98 Å². The van der Waals surface area contributed by atoms with Gasteiger partial charge < -0.3 is 0 Å². The monoisotopic (exact) mass is 566 g/mol. The van der Waals surface area contributed by atoms with Gasteiger partial charge in [0.25, 0.3) is 0 Å². The molecule has 0 aliphatic rings. The first-order valence-electron chi connectivity index (χ1n) is 14.0. The zero-order valence-corrected chi connectivity index (χ0v) is 24.7. The number of benzene rings is 2. The fraction of sp³-hybridized carbons (Fsp3) is 0.562. The Labute approximate surface area is 229 Å². The number of unbranched alkanes of at least 4 members (excludes halogenated alkanes) is 5. The topological polar surface area (TPSA) is 24.7 Å². The van der Waals surface area contributed by atoms with E-state index in [1.807, 2.05) is 0 Å². The van der Waals surface area contributed by atoms with E-state index in [0.717, 1.165) is 55.6 Å². The van der Waals surface area contributed by atoms with Crippen molar-refractivity contribution in [1.82, 2.24) is 0 Å². The first-order chi connectivity index (χ1) is 16.6. The van der Waals surface area contributed by atoms with Crippen LogP contribution in [0.15, 0.2) is 46.4 Å². The Kier molecular flexibility index (Phi) is 16.0. The summed E-state index contributed by atoms with van der Waals surface area (Å²) in [5.74, 6) is 0. The molecule has 2 aromatic carbocycles. The molecule has 0 atom stereocenters. The van der Waals surface area contributed by atoms with E-state index in [2.05, 4.69) is 77.9 Å². The van der Waals surface area contributed by atoms with Gasteiger partial charge in [-0.1, -0.05) is 85.8 Å². The van der Waals surface area contributed by atoms with Gasteiger partial charge in [-0.25, -0.2) is 0 Å². The smallest absolute Gasteiger partial charge is 0.0636 e. The summed E-state index contributed by atoms with van der Waals surface area (Å²) in [6.07, 6.45) is 13.9. The Hall–Kier alpha value is -1.56. The molecule has 0 amide bonds. The predicted molar refractivity (Wildman–Crippen MR) is 153 cm³/mol. The second-order valence-corrected chi connectivity index (χ2v) is 9.31. The number of aliphatic imine (C=N–C) groups is 2. The van der Waals surface area contributed by atoms with Crippen molar-refractivity contribution in [3.05, 3.63) is 58.7 Å². The van der Waals surface area contributed by atoms with E-state index >= 15 is 0 Å². The maximum absolute atomic E-state index is 5.21. The minimum Gasteiger partial charge on any atom is -0.252 e. The Bertz CT molecular complexity index is 943. The van der Waals surface area contributed by atoms with E-state index in [1.54, 1.807) is 0 Å². The Morgan fingerprint density at radius 2 is 1.00 bits per heavy atom. The van der Waals surface area contributed by atoms with E-state index in [-0.39, 0.29) is 20.4 Å². The van der Waals surface area contributed by atoms with E-state index < -0.39 is 0 Å². The van der Waals surface area contributed by atoms with Gasteiger partial charge in [0.2, 0.25) is 0 Å². The molecule has 2 rings (SSSR count). The van der Waals surface area contributed by atoms with Crippen molar-refractivity contribution in [2.45, 2.75) is 119 Å². The second-order valence-electron chi connectivity index (χ2n) is 9.31. The van der Waals surface area contributed by atoms with Crippen LogP contribution in [0.25, 0.3) is 0 Å². The molecule has 0 aromatic heterocycles. The average molecular weight is 567 g/mol. The Morgan fingerprint density at radius 1 is 0.543 bits per heavy atom. The molecule has 196 valence electrons. The maximum atomic E-state index is 5.21. The molecule has 0 saturated carbocycles. The van der Waals surface area contributed by atoms with Crippen molar-refractivity contribution >= 4 is 22.8 Å². The molecule has 0 bridgehead atoms. The van der Waals surface area contributed by atoms with Crippen LogP contribution < -0.4 is 0 Å². The summed E-state index contributed by atoms with van der Waals surface area (Å²) in [6, 6.07) is 13.5. The first-order valence-corrected chi connectivity index (χ1v) is 14.0. The van der Waals surface area contributed by atoms with Crippen LogP contribution >= 0.6 is 0 Å². The van der Waals surface area contributed by atoms with Gasteiger partial charge in [-0.05, 0) is 91.5 Å². The largest absolute Gasteiger partial charge is 0.252 e. The van der Waals surface area contributed by atoms with Gasteiger partial charge in [0.15, 0.2) is 0 Å². The van der Waals surface area contributed by atoms with Crippen LogP contribution in [0.4, 0.5) is 11.4 Å². The molecule has 0 fully saturated rings. The summed E-state index contributed by atoms with van der Waals surface area (Å²) in [5.41, 5.74) is 10.1. The summed E-state index contributed by atoms with van der Waals surface area (Å²) in [5, 5.41) is 0. The molecule has 0 saturated heterocycles. The third kappa shape index (κ3) is 10.1. The molecule has 0 unspecified atom stereocenters. The molecule has 0 aliphatic heterocycles. The standard InChI is InChI=1S/C32H48N2.Pd/c1-7-13-14-15-16-17-18-32(34-30-22-20-26(9-3)28(11-5)24-30)31(12-6)33-29-21-19-25(8-2)27(10-4)23-29;/h19-24H,7-18H2,1-6H3;. The van der Waals surface area contributed by atoms with Crippen molar-refractivity contribution in [2.75, 3.05) is 0 Å². The maximum Gasteiger partial charge on any atom is 0.0636 e. The molecule has 3 heteroatoms. The molecule has 35 heavy (non-hydrogen) atoms. The molecule has 2 aromatic rings. The van der Waals surface area contributed by atoms with Crippen molar-refractivity contribution in [1.29, 1.82) is 0 Å². The van der Waals surface area contributed by atoms with Crippen molar-refractivity contribution < 1.29 is 20.4 Å². The van der Waals surface area contributed by atoms with Gasteiger partial charge in [0.05, 0.1) is 22.8 Å². The first kappa shape index (κ1) is 31.5. The van der Waals surface area contributed by atoms with E-state index in [1.165, 1.54) is 66.5 Å². The summed E-state index contributed by atoms with van der Waals surface area (Å²) in [4.78, 5) is 10.4. The van der Waals surface area contributed by atoms with Crippen LogP contribution in [0.3, 0.4) is 0 Å². The van der Waals surface area contributed by atoms with Crippen LogP contribution in [-0.4, -0.2) is 11.4 Å². The fourth-order valence-electron chi connectivity index (χ4n) is 4.71. The molecule has 0 heterocycles. The molecule has 0 N–H and O–H groups in total. The van der Waals surface area contributed by atoms with Gasteiger partial charge in [-0.15, -0.1) is 0 Å². The predicted octanol–water partition coefficient (Wildman–Crippen LogP) is 9.94. The van der Waals surface area contributed by atoms with E-state index in [4.69, 9.17) is 9.98 Å². The van der Waals surface area contributed by atoms with E-state index in [9.17, 15) is 0 Å². The van der Waals surface area contributed by atoms with Gasteiger partial charge in [-0.2, -0.15) is 0 Å². The summed E-state index contributed by atoms with van der Waals surface area (Å²) >= 11 is 0. The minimum atomic E-state index is 0. The van der Waals surface area contributed by atoms with Crippen molar-refractivity contribution in [3.8, 4) is 0 Å². The molecule has 0 spiro atoms. The molecular formula is C32H48N2Pd. The summed E-state index contributed by atoms with van der Waals surface area (Å²) in [6.45, 7) is 13.4. The minimum absolute atomic E-state index is 0. The average Bonchev–Trinajstić information content (AvgIpc) is 2.88. The van der Waals surface area contributed by atoms with Crippen LogP contribution in [0.1, 0.15) is 115 Å². The van der Waals surface area contributed by atoms with Crippen LogP contribution in [-0.2, 0) is 46.1 Å². The zero-order chi connectivity index (χ0) is 24.8. The Balaban J connectivity index is 0.00000612. The summed E-state index contributed by atoms with van der Waals surface area (Å²) in [7, 11) is 0. The van der Waals surface area contributed by atoms with Gasteiger partial charge in [0.1, 0.15) is 0 Å². The van der Waals surface area contributed by atoms with Crippen LogP contribution in [0.5, 0.6) is 0 Å². The van der Waals surface area contributed by atoms with Crippen LogP contribution in [0, 0.1) is 0 Å². The fourth-order valence-corrected chi connectivity index (χ4v) is 4.71. The molecule has 0 aliphatic carbocycles. The third-order valence-corrected chi connectivity index (χ3v) is 6.87. The SMILES string of the molecule is CCCCCCCCC(=Nc1ccc(CC)c(CC)c1)C(CC)=Nc1ccc(CC)c(CC)c1.[Pd]. The zero-order valence-electron chi connectivity index (χ0n) is 23.2. The normalized spacial score (nSPS) is 12.1. The number of hydrogen-bond acceptors (Lipinski definition) is 2. The van der Waals surface area contributed by atoms with Crippen molar-refractivity contribution in [3.63, 3.8) is 0 Å². The third-order valence-electron chi connectivity index (χ3n) is 6.87. The molecule has 2 nitrogen and oxygen atoms in total. The number of hydrogen-bond donors (Lipinski definition) is 0. The van der Waals surface area contributed by atoms with Crippen LogP contribution in [0.2, 0.25) is 0 Å². The molecule has 0 radical (unpaired) electrons. The number of nitrogens with zero attached hydrogens (tertiary/aromatic N) is 2. The molecular weight excluding hydrogens is 519 g/mol. The number of aryl methyl sites for hydroxylation is 4. The van der Waals surface area contributed by atoms with Gasteiger partial charge in [0, 0.05) is 20.4 Å². The van der Waals surface area contributed by atoms with E-state index in [0.29, 0.717) is 0 Å². The summed E-state index contributed by atoms with van der Waals surface area (Å²) < 4.78 is 0. The number of rotatable bonds is 15. The van der Waals surface area contributed by atoms with Gasteiger partial charge >= 0.3 is 0 Å². The Morgan fingerprint density at radius 3 is 1.46 bits per heavy atom. The van der Waals surface area contributed by atoms with Crippen molar-refractivity contribution in [2.24, 2.45) is 9.98 Å².